The Morgan fingerprint density at radius 2 is 1.84 bits per heavy atom. The molecule has 0 atom stereocenters. The number of fused-ring (bicyclic) bond motifs is 1. The van der Waals surface area contributed by atoms with Gasteiger partial charge in [0.2, 0.25) is 5.91 Å². The number of pyridine rings is 1. The van der Waals surface area contributed by atoms with Gasteiger partial charge in [-0.05, 0) is 55.3 Å². The standard InChI is InChI=1S/C25H24BrN3O2/c1-2-31-21-12-6-18(7-13-21)17-27-24(30)15-14-22-25(19-8-10-20(26)11-9-19)28-23-5-3-4-16-29(22)23/h3-13,16H,2,14-15,17H2,1H3,(H,27,30). The van der Waals surface area contributed by atoms with Gasteiger partial charge in [-0.25, -0.2) is 4.98 Å². The molecule has 0 radical (unpaired) electrons. The monoisotopic (exact) mass is 477 g/mol. The lowest BCUT2D eigenvalue weighted by Crippen LogP contribution is -2.23. The maximum atomic E-state index is 12.5. The summed E-state index contributed by atoms with van der Waals surface area (Å²) >= 11 is 3.48. The summed E-state index contributed by atoms with van der Waals surface area (Å²) in [4.78, 5) is 17.3. The normalized spacial score (nSPS) is 10.9. The predicted molar refractivity (Wildman–Crippen MR) is 126 cm³/mol. The molecule has 0 saturated heterocycles. The molecule has 0 saturated carbocycles. The molecular weight excluding hydrogens is 454 g/mol. The van der Waals surface area contributed by atoms with E-state index < -0.39 is 0 Å². The number of halogens is 1. The second-order valence-electron chi connectivity index (χ2n) is 7.20. The van der Waals surface area contributed by atoms with Gasteiger partial charge in [-0.3, -0.25) is 4.79 Å². The van der Waals surface area contributed by atoms with Crippen LogP contribution >= 0.6 is 15.9 Å². The van der Waals surface area contributed by atoms with E-state index in [0.717, 1.165) is 38.4 Å². The van der Waals surface area contributed by atoms with Gasteiger partial charge in [0.1, 0.15) is 11.4 Å². The first-order valence-electron chi connectivity index (χ1n) is 10.3. The van der Waals surface area contributed by atoms with Crippen molar-refractivity contribution in [3.05, 3.63) is 88.7 Å². The van der Waals surface area contributed by atoms with Crippen LogP contribution in [0.3, 0.4) is 0 Å². The van der Waals surface area contributed by atoms with Crippen LogP contribution in [0.2, 0.25) is 0 Å². The molecule has 0 aliphatic rings. The number of amides is 1. The summed E-state index contributed by atoms with van der Waals surface area (Å²) in [5.41, 5.74) is 4.91. The van der Waals surface area contributed by atoms with Crippen molar-refractivity contribution in [3.8, 4) is 17.0 Å². The van der Waals surface area contributed by atoms with Crippen molar-refractivity contribution in [2.24, 2.45) is 0 Å². The van der Waals surface area contributed by atoms with Crippen LogP contribution in [-0.4, -0.2) is 21.9 Å². The molecule has 6 heteroatoms. The highest BCUT2D eigenvalue weighted by Gasteiger charge is 2.15. The SMILES string of the molecule is CCOc1ccc(CNC(=O)CCc2c(-c3ccc(Br)cc3)nc3ccccn23)cc1. The van der Waals surface area contributed by atoms with Crippen molar-refractivity contribution in [2.75, 3.05) is 6.61 Å². The molecule has 4 rings (SSSR count). The number of nitrogens with one attached hydrogen (secondary N) is 1. The maximum Gasteiger partial charge on any atom is 0.220 e. The lowest BCUT2D eigenvalue weighted by Gasteiger charge is -2.08. The number of nitrogens with zero attached hydrogens (tertiary/aromatic N) is 2. The van der Waals surface area contributed by atoms with Gasteiger partial charge < -0.3 is 14.5 Å². The molecule has 0 aliphatic carbocycles. The maximum absolute atomic E-state index is 12.5. The minimum Gasteiger partial charge on any atom is -0.494 e. The van der Waals surface area contributed by atoms with E-state index in [-0.39, 0.29) is 5.91 Å². The van der Waals surface area contributed by atoms with Crippen LogP contribution in [0, 0.1) is 0 Å². The van der Waals surface area contributed by atoms with Crippen molar-refractivity contribution in [1.29, 1.82) is 0 Å². The van der Waals surface area contributed by atoms with E-state index in [9.17, 15) is 4.79 Å². The van der Waals surface area contributed by atoms with Crippen molar-refractivity contribution in [1.82, 2.24) is 14.7 Å². The summed E-state index contributed by atoms with van der Waals surface area (Å²) in [6.07, 6.45) is 2.99. The van der Waals surface area contributed by atoms with E-state index in [2.05, 4.69) is 25.6 Å². The van der Waals surface area contributed by atoms with E-state index >= 15 is 0 Å². The minimum absolute atomic E-state index is 0.0153. The van der Waals surface area contributed by atoms with E-state index in [0.29, 0.717) is 26.0 Å². The van der Waals surface area contributed by atoms with Gasteiger partial charge in [-0.1, -0.05) is 46.3 Å². The van der Waals surface area contributed by atoms with Crippen LogP contribution in [0.4, 0.5) is 0 Å². The highest BCUT2D eigenvalue weighted by atomic mass is 79.9. The molecule has 31 heavy (non-hydrogen) atoms. The van der Waals surface area contributed by atoms with Crippen LogP contribution in [-0.2, 0) is 17.8 Å². The van der Waals surface area contributed by atoms with Crippen LogP contribution in [0.1, 0.15) is 24.6 Å². The summed E-state index contributed by atoms with van der Waals surface area (Å²) in [6, 6.07) is 21.8. The van der Waals surface area contributed by atoms with Crippen LogP contribution < -0.4 is 10.1 Å². The largest absolute Gasteiger partial charge is 0.494 e. The van der Waals surface area contributed by atoms with Gasteiger partial charge in [-0.15, -0.1) is 0 Å². The summed E-state index contributed by atoms with van der Waals surface area (Å²) in [6.45, 7) is 3.10. The fraction of sp³-hybridized carbons (Fsp3) is 0.200. The summed E-state index contributed by atoms with van der Waals surface area (Å²) in [5.74, 6) is 0.854. The molecule has 0 aliphatic heterocycles. The third-order valence-corrected chi connectivity index (χ3v) is 5.59. The van der Waals surface area contributed by atoms with Gasteiger partial charge in [0.25, 0.3) is 0 Å². The first kappa shape index (κ1) is 21.1. The topological polar surface area (TPSA) is 55.6 Å². The number of hydrogen-bond acceptors (Lipinski definition) is 3. The Labute approximate surface area is 190 Å². The van der Waals surface area contributed by atoms with E-state index in [1.54, 1.807) is 0 Å². The molecule has 1 N–H and O–H groups in total. The lowest BCUT2D eigenvalue weighted by atomic mass is 10.1. The number of ether oxygens (including phenoxy) is 1. The number of benzene rings is 2. The Bertz CT molecular complexity index is 1170. The van der Waals surface area contributed by atoms with Gasteiger partial charge in [-0.2, -0.15) is 0 Å². The molecule has 0 bridgehead atoms. The average molecular weight is 478 g/mol. The molecule has 0 fully saturated rings. The third kappa shape index (κ3) is 5.14. The van der Waals surface area contributed by atoms with Gasteiger partial charge >= 0.3 is 0 Å². The molecule has 0 unspecified atom stereocenters. The van der Waals surface area contributed by atoms with E-state index in [4.69, 9.17) is 9.72 Å². The fourth-order valence-electron chi connectivity index (χ4n) is 3.52. The molecule has 158 valence electrons. The van der Waals surface area contributed by atoms with Crippen molar-refractivity contribution >= 4 is 27.5 Å². The van der Waals surface area contributed by atoms with E-state index in [1.165, 1.54) is 0 Å². The highest BCUT2D eigenvalue weighted by molar-refractivity contribution is 9.10. The number of rotatable bonds is 8. The van der Waals surface area contributed by atoms with Crippen molar-refractivity contribution in [2.45, 2.75) is 26.3 Å². The van der Waals surface area contributed by atoms with Crippen LogP contribution in [0.5, 0.6) is 5.75 Å². The zero-order chi connectivity index (χ0) is 21.6. The fourth-order valence-corrected chi connectivity index (χ4v) is 3.78. The quantitative estimate of drug-likeness (QED) is 0.369. The summed E-state index contributed by atoms with van der Waals surface area (Å²) in [5, 5.41) is 3.01. The average Bonchev–Trinajstić information content (AvgIpc) is 3.16. The van der Waals surface area contributed by atoms with E-state index in [1.807, 2.05) is 79.9 Å². The summed E-state index contributed by atoms with van der Waals surface area (Å²) < 4.78 is 8.55. The Hall–Kier alpha value is -3.12. The molecule has 4 aromatic rings. The minimum atomic E-state index is 0.0153. The number of aromatic nitrogens is 2. The van der Waals surface area contributed by atoms with Crippen LogP contribution in [0.25, 0.3) is 16.9 Å². The van der Waals surface area contributed by atoms with Gasteiger partial charge in [0, 0.05) is 29.2 Å². The number of imidazole rings is 1. The Balaban J connectivity index is 1.45. The Morgan fingerprint density at radius 3 is 2.58 bits per heavy atom. The van der Waals surface area contributed by atoms with Crippen LogP contribution in [0.15, 0.2) is 77.4 Å². The second-order valence-corrected chi connectivity index (χ2v) is 8.11. The number of carbonyl (C=O) groups excluding carboxylic acids is 1. The second kappa shape index (κ2) is 9.79. The predicted octanol–water partition coefficient (Wildman–Crippen LogP) is 5.41. The molecule has 2 aromatic carbocycles. The molecule has 1 amide bonds. The molecule has 2 heterocycles. The Kier molecular flexibility index (Phi) is 6.67. The molecule has 5 nitrogen and oxygen atoms in total. The van der Waals surface area contributed by atoms with Crippen molar-refractivity contribution in [3.63, 3.8) is 0 Å². The third-order valence-electron chi connectivity index (χ3n) is 5.06. The first-order valence-corrected chi connectivity index (χ1v) is 11.1. The molecule has 2 aromatic heterocycles. The number of carbonyl (C=O) groups is 1. The van der Waals surface area contributed by atoms with Crippen molar-refractivity contribution < 1.29 is 9.53 Å². The zero-order valence-corrected chi connectivity index (χ0v) is 18.9. The Morgan fingerprint density at radius 1 is 1.06 bits per heavy atom. The number of hydrogen-bond donors (Lipinski definition) is 1. The smallest absolute Gasteiger partial charge is 0.220 e. The summed E-state index contributed by atoms with van der Waals surface area (Å²) in [7, 11) is 0. The van der Waals surface area contributed by atoms with Gasteiger partial charge in [0.15, 0.2) is 0 Å². The first-order chi connectivity index (χ1) is 15.1. The lowest BCUT2D eigenvalue weighted by molar-refractivity contribution is -0.121. The molecule has 0 spiro atoms. The highest BCUT2D eigenvalue weighted by Crippen LogP contribution is 2.27. The number of aryl methyl sites for hydroxylation is 1. The van der Waals surface area contributed by atoms with Gasteiger partial charge in [0.05, 0.1) is 18.0 Å². The molecular formula is C25H24BrN3O2. The zero-order valence-electron chi connectivity index (χ0n) is 17.3.